The number of hydrogen-bond donors (Lipinski definition) is 0. The first kappa shape index (κ1) is 34.6. The first-order valence-corrected chi connectivity index (χ1v) is 15.3. The third-order valence-electron chi connectivity index (χ3n) is 6.89. The van der Waals surface area contributed by atoms with Crippen molar-refractivity contribution in [2.45, 2.75) is 106 Å². The predicted octanol–water partition coefficient (Wildman–Crippen LogP) is 8.12. The molecule has 2 aromatic rings. The monoisotopic (exact) mass is 536 g/mol. The van der Waals surface area contributed by atoms with Crippen molar-refractivity contribution in [2.24, 2.45) is 0 Å². The molecule has 0 saturated carbocycles. The van der Waals surface area contributed by atoms with Gasteiger partial charge < -0.3 is 14.2 Å². The van der Waals surface area contributed by atoms with Crippen molar-refractivity contribution in [1.29, 1.82) is 0 Å². The molecule has 6 heteroatoms. The van der Waals surface area contributed by atoms with E-state index in [-0.39, 0.29) is 33.0 Å². The second kappa shape index (κ2) is 18.8. The van der Waals surface area contributed by atoms with Crippen molar-refractivity contribution in [3.63, 3.8) is 0 Å². The third-order valence-corrected chi connectivity index (χ3v) is 8.11. The topological polar surface area (TPSA) is 44.8 Å². The number of benzene rings is 2. The molecule has 0 amide bonds. The van der Waals surface area contributed by atoms with E-state index in [1.165, 1.54) is 11.1 Å². The average molecular weight is 537 g/mol. The van der Waals surface area contributed by atoms with E-state index in [1.54, 1.807) is 0 Å². The molecule has 0 aromatic heterocycles. The van der Waals surface area contributed by atoms with E-state index in [4.69, 9.17) is 14.2 Å². The molecule has 0 aliphatic heterocycles. The molecule has 0 saturated heterocycles. The van der Waals surface area contributed by atoms with Crippen LogP contribution in [0.15, 0.2) is 18.2 Å². The average Bonchev–Trinajstić information content (AvgIpc) is 2.87. The van der Waals surface area contributed by atoms with Crippen LogP contribution in [0.5, 0.6) is 17.2 Å². The number of ether oxygens (including phenoxy) is 3. The van der Waals surface area contributed by atoms with E-state index in [9.17, 15) is 4.79 Å². The Labute approximate surface area is 246 Å². The van der Waals surface area contributed by atoms with Gasteiger partial charge in [-0.1, -0.05) is 65.4 Å². The normalized spacial score (nSPS) is 11.0. The summed E-state index contributed by atoms with van der Waals surface area (Å²) in [6.07, 6.45) is 9.78. The quantitative estimate of drug-likeness (QED) is 0.110. The molecule has 2 aromatic carbocycles. The summed E-state index contributed by atoms with van der Waals surface area (Å²) in [6, 6.07) is 6.05. The zero-order valence-corrected chi connectivity index (χ0v) is 25.4. The third kappa shape index (κ3) is 10.6. The van der Waals surface area contributed by atoms with Gasteiger partial charge in [0.25, 0.3) is 0 Å². The van der Waals surface area contributed by atoms with E-state index in [0.29, 0.717) is 19.8 Å². The number of aryl methyl sites for hydroxylation is 2. The molecule has 38 heavy (non-hydrogen) atoms. The van der Waals surface area contributed by atoms with Crippen LogP contribution in [0.4, 0.5) is 0 Å². The second-order valence-corrected chi connectivity index (χ2v) is 11.3. The molecule has 208 valence electrons. The van der Waals surface area contributed by atoms with E-state index >= 15 is 0 Å². The first-order valence-electron chi connectivity index (χ1n) is 14.3. The van der Waals surface area contributed by atoms with Crippen molar-refractivity contribution >= 4 is 38.3 Å². The fourth-order valence-electron chi connectivity index (χ4n) is 4.42. The van der Waals surface area contributed by atoms with Gasteiger partial charge in [-0.05, 0) is 77.8 Å². The molecular weight excluding hydrogens is 486 g/mol. The Morgan fingerprint density at radius 2 is 1.13 bits per heavy atom. The van der Waals surface area contributed by atoms with Crippen LogP contribution in [-0.4, -0.2) is 44.2 Å². The van der Waals surface area contributed by atoms with Gasteiger partial charge in [-0.2, -0.15) is 0 Å². The molecule has 1 unspecified atom stereocenters. The van der Waals surface area contributed by atoms with Crippen LogP contribution in [-0.2, 0) is 0 Å². The molecule has 0 fully saturated rings. The fraction of sp³-hybridized carbons (Fsp3) is 0.594. The summed E-state index contributed by atoms with van der Waals surface area (Å²) in [7, 11) is -0.0821. The maximum absolute atomic E-state index is 13.8. The molecule has 0 bridgehead atoms. The Morgan fingerprint density at radius 1 is 0.658 bits per heavy atom. The minimum absolute atomic E-state index is 0. The van der Waals surface area contributed by atoms with Crippen LogP contribution in [0.2, 0.25) is 0 Å². The van der Waals surface area contributed by atoms with E-state index in [0.717, 1.165) is 97.0 Å². The van der Waals surface area contributed by atoms with E-state index in [1.807, 2.05) is 19.1 Å². The maximum atomic E-state index is 13.8. The Bertz CT molecular complexity index is 972. The molecule has 0 radical (unpaired) electrons. The van der Waals surface area contributed by atoms with Crippen LogP contribution in [0, 0.1) is 27.7 Å². The van der Waals surface area contributed by atoms with Crippen molar-refractivity contribution in [3.05, 3.63) is 46.0 Å². The summed E-state index contributed by atoms with van der Waals surface area (Å²) < 4.78 is 18.7. The number of unbranched alkanes of at least 4 members (excludes halogenated alkanes) is 6. The van der Waals surface area contributed by atoms with Gasteiger partial charge in [0, 0.05) is 17.7 Å². The molecule has 0 heterocycles. The van der Waals surface area contributed by atoms with Gasteiger partial charge in [-0.25, -0.2) is 0 Å². The summed E-state index contributed by atoms with van der Waals surface area (Å²) >= 11 is 0. The summed E-state index contributed by atoms with van der Waals surface area (Å²) in [5.74, 6) is 2.20. The molecule has 0 aliphatic rings. The summed E-state index contributed by atoms with van der Waals surface area (Å²) in [5.41, 5.74) is 5.47. The summed E-state index contributed by atoms with van der Waals surface area (Å²) in [4.78, 5) is 13.8. The molecule has 1 atom stereocenters. The Morgan fingerprint density at radius 3 is 1.61 bits per heavy atom. The van der Waals surface area contributed by atoms with E-state index in [2.05, 4.69) is 47.6 Å². The molecule has 0 spiro atoms. The van der Waals surface area contributed by atoms with Crippen LogP contribution in [0.1, 0.15) is 111 Å². The van der Waals surface area contributed by atoms with Gasteiger partial charge >= 0.3 is 18.9 Å². The number of carbonyl (C=O) groups is 1. The summed E-state index contributed by atoms with van der Waals surface area (Å²) in [6.45, 7) is 16.8. The first-order chi connectivity index (χ1) is 17.8. The molecular formula is C32H50LiO4P. The molecule has 0 N–H and O–H groups in total. The molecule has 4 nitrogen and oxygen atoms in total. The second-order valence-electron chi connectivity index (χ2n) is 10.1. The minimum atomic E-state index is -0.0821. The van der Waals surface area contributed by atoms with Crippen LogP contribution < -0.4 is 19.5 Å². The van der Waals surface area contributed by atoms with Gasteiger partial charge in [0.2, 0.25) is 0 Å². The SMILES string of the molecule is CCCCCOc1cc(OCCCCC)c(PC(=O)c2c(C)cc(C)c(C)c2C)c(OCCCCC)c1.[LiH]. The van der Waals surface area contributed by atoms with Gasteiger partial charge in [0.1, 0.15) is 17.2 Å². The number of rotatable bonds is 18. The van der Waals surface area contributed by atoms with Crippen LogP contribution in [0.3, 0.4) is 0 Å². The summed E-state index contributed by atoms with van der Waals surface area (Å²) in [5, 5.41) is 0.857. The van der Waals surface area contributed by atoms with Crippen LogP contribution in [0.25, 0.3) is 0 Å². The Balaban J connectivity index is 0.00000722. The zero-order chi connectivity index (χ0) is 27.2. The predicted molar refractivity (Wildman–Crippen MR) is 166 cm³/mol. The number of hydrogen-bond acceptors (Lipinski definition) is 4. The number of carbonyl (C=O) groups excluding carboxylic acids is 1. The van der Waals surface area contributed by atoms with Gasteiger partial charge in [0.05, 0.1) is 25.1 Å². The van der Waals surface area contributed by atoms with Gasteiger partial charge in [0.15, 0.2) is 5.52 Å². The zero-order valence-electron chi connectivity index (χ0n) is 24.4. The van der Waals surface area contributed by atoms with Gasteiger partial charge in [-0.15, -0.1) is 0 Å². The van der Waals surface area contributed by atoms with Crippen molar-refractivity contribution in [2.75, 3.05) is 19.8 Å². The van der Waals surface area contributed by atoms with Crippen LogP contribution >= 0.6 is 8.58 Å². The molecule has 0 aliphatic carbocycles. The molecule has 2 rings (SSSR count). The fourth-order valence-corrected chi connectivity index (χ4v) is 5.69. The standard InChI is InChI=1S/C32H49O4P.Li.H/c1-8-11-14-17-34-27-21-28(35-18-15-12-9-2)31(29(22-27)36-19-16-13-10-3)37-32(33)30-24(5)20-23(4)25(6)26(30)7;;/h20-22,37H,8-19H2,1-7H3;;. The Hall–Kier alpha value is -1.46. The van der Waals surface area contributed by atoms with Crippen molar-refractivity contribution < 1.29 is 19.0 Å². The van der Waals surface area contributed by atoms with Gasteiger partial charge in [-0.3, -0.25) is 4.79 Å². The van der Waals surface area contributed by atoms with Crippen molar-refractivity contribution in [1.82, 2.24) is 0 Å². The van der Waals surface area contributed by atoms with E-state index < -0.39 is 0 Å². The Kier molecular flexibility index (Phi) is 17.1. The van der Waals surface area contributed by atoms with Crippen molar-refractivity contribution in [3.8, 4) is 17.2 Å².